The van der Waals surface area contributed by atoms with Gasteiger partial charge in [-0.15, -0.1) is 16.9 Å². The van der Waals surface area contributed by atoms with E-state index in [1.807, 2.05) is 6.07 Å². The van der Waals surface area contributed by atoms with Gasteiger partial charge in [0.15, 0.2) is 11.4 Å². The van der Waals surface area contributed by atoms with Crippen molar-refractivity contribution in [1.29, 1.82) is 0 Å². The van der Waals surface area contributed by atoms with Crippen molar-refractivity contribution >= 4 is 29.0 Å². The zero-order valence-corrected chi connectivity index (χ0v) is 22.0. The highest BCUT2D eigenvalue weighted by molar-refractivity contribution is 7.99. The smallest absolute Gasteiger partial charge is 0.418 e. The molecule has 5 rings (SSSR count). The minimum Gasteiger partial charge on any atom is -0.491 e. The molecule has 1 aliphatic rings. The van der Waals surface area contributed by atoms with Crippen molar-refractivity contribution in [2.75, 3.05) is 69.4 Å². The van der Waals surface area contributed by atoms with Gasteiger partial charge in [-0.25, -0.2) is 9.97 Å². The molecule has 14 heteroatoms. The number of piperazine rings is 1. The molecule has 1 saturated heterocycles. The average molecular weight is 564 g/mol. The van der Waals surface area contributed by atoms with Gasteiger partial charge in [-0.05, 0) is 30.3 Å². The number of halogens is 3. The Morgan fingerprint density at radius 3 is 2.62 bits per heavy atom. The number of furan rings is 1. The Morgan fingerprint density at radius 1 is 1.08 bits per heavy atom. The SMILES string of the molecule is COCCOc1ccc(N2CCN(CCSc3cc4nc(-c5ccco5)nn4c(N)n3)CC2)c(C(F)(F)F)c1. The predicted octanol–water partition coefficient (Wildman–Crippen LogP) is 3.92. The zero-order valence-electron chi connectivity index (χ0n) is 21.2. The maximum Gasteiger partial charge on any atom is 0.418 e. The molecular weight excluding hydrogens is 535 g/mol. The Kier molecular flexibility index (Phi) is 8.14. The van der Waals surface area contributed by atoms with Crippen molar-refractivity contribution in [3.05, 3.63) is 48.2 Å². The van der Waals surface area contributed by atoms with Crippen molar-refractivity contribution in [2.24, 2.45) is 0 Å². The third-order valence-electron chi connectivity index (χ3n) is 6.27. The number of aromatic nitrogens is 4. The Bertz CT molecular complexity index is 1390. The molecule has 0 radical (unpaired) electrons. The van der Waals surface area contributed by atoms with Crippen molar-refractivity contribution in [3.63, 3.8) is 0 Å². The molecule has 39 heavy (non-hydrogen) atoms. The van der Waals surface area contributed by atoms with E-state index in [-0.39, 0.29) is 24.0 Å². The van der Waals surface area contributed by atoms with E-state index in [1.165, 1.54) is 29.5 Å². The number of methoxy groups -OCH3 is 1. The largest absolute Gasteiger partial charge is 0.491 e. The van der Waals surface area contributed by atoms with Crippen molar-refractivity contribution < 1.29 is 27.1 Å². The summed E-state index contributed by atoms with van der Waals surface area (Å²) in [6.45, 7) is 3.52. The molecule has 0 aliphatic carbocycles. The number of hydrogen-bond donors (Lipinski definition) is 1. The number of alkyl halides is 3. The van der Waals surface area contributed by atoms with Crippen molar-refractivity contribution in [3.8, 4) is 17.3 Å². The number of benzene rings is 1. The summed E-state index contributed by atoms with van der Waals surface area (Å²) in [5, 5.41) is 5.07. The van der Waals surface area contributed by atoms with Crippen LogP contribution in [0.4, 0.5) is 24.8 Å². The summed E-state index contributed by atoms with van der Waals surface area (Å²) in [6.07, 6.45) is -2.93. The van der Waals surface area contributed by atoms with Gasteiger partial charge in [0.2, 0.25) is 11.8 Å². The fourth-order valence-electron chi connectivity index (χ4n) is 4.32. The summed E-state index contributed by atoms with van der Waals surface area (Å²) >= 11 is 1.54. The van der Waals surface area contributed by atoms with Gasteiger partial charge in [0, 0.05) is 57.3 Å². The molecule has 3 aromatic heterocycles. The Morgan fingerprint density at radius 2 is 1.90 bits per heavy atom. The van der Waals surface area contributed by atoms with Gasteiger partial charge in [-0.2, -0.15) is 17.7 Å². The molecule has 0 atom stereocenters. The molecule has 0 saturated carbocycles. The number of nitrogens with zero attached hydrogens (tertiary/aromatic N) is 6. The monoisotopic (exact) mass is 563 g/mol. The van der Waals surface area contributed by atoms with Gasteiger partial charge in [0.1, 0.15) is 17.4 Å². The molecule has 2 N–H and O–H groups in total. The maximum absolute atomic E-state index is 13.8. The van der Waals surface area contributed by atoms with Crippen LogP contribution < -0.4 is 15.4 Å². The van der Waals surface area contributed by atoms with Crippen LogP contribution in [0.5, 0.6) is 5.75 Å². The molecule has 0 amide bonds. The molecule has 0 spiro atoms. The first-order valence-electron chi connectivity index (χ1n) is 12.3. The number of fused-ring (bicyclic) bond motifs is 1. The highest BCUT2D eigenvalue weighted by Gasteiger charge is 2.36. The topological polar surface area (TPSA) is 107 Å². The molecule has 1 aromatic carbocycles. The third-order valence-corrected chi connectivity index (χ3v) is 7.16. The second kappa shape index (κ2) is 11.7. The number of thioether (sulfide) groups is 1. The summed E-state index contributed by atoms with van der Waals surface area (Å²) in [5.41, 5.74) is 6.14. The fraction of sp³-hybridized carbons (Fsp3) is 0.400. The summed E-state index contributed by atoms with van der Waals surface area (Å²) in [4.78, 5) is 12.9. The minimum atomic E-state index is -4.48. The number of nitrogen functional groups attached to an aromatic ring is 1. The van der Waals surface area contributed by atoms with E-state index in [4.69, 9.17) is 19.6 Å². The van der Waals surface area contributed by atoms with Gasteiger partial charge < -0.3 is 24.5 Å². The van der Waals surface area contributed by atoms with Crippen LogP contribution >= 0.6 is 11.8 Å². The maximum atomic E-state index is 13.8. The molecule has 1 fully saturated rings. The van der Waals surface area contributed by atoms with Gasteiger partial charge in [0.25, 0.3) is 0 Å². The predicted molar refractivity (Wildman–Crippen MR) is 141 cm³/mol. The molecular formula is C25H28F3N7O3S. The van der Waals surface area contributed by atoms with Crippen molar-refractivity contribution in [1.82, 2.24) is 24.5 Å². The normalized spacial score (nSPS) is 14.8. The fourth-order valence-corrected chi connectivity index (χ4v) is 5.22. The van der Waals surface area contributed by atoms with Gasteiger partial charge in [0.05, 0.1) is 18.4 Å². The van der Waals surface area contributed by atoms with Crippen LogP contribution in [0.2, 0.25) is 0 Å². The summed E-state index contributed by atoms with van der Waals surface area (Å²) < 4.78 is 58.6. The van der Waals surface area contributed by atoms with E-state index in [0.29, 0.717) is 50.0 Å². The Labute approximate surface area is 226 Å². The van der Waals surface area contributed by atoms with Gasteiger partial charge in [-0.3, -0.25) is 4.90 Å². The lowest BCUT2D eigenvalue weighted by atomic mass is 10.1. The molecule has 208 valence electrons. The van der Waals surface area contributed by atoms with E-state index in [9.17, 15) is 13.2 Å². The molecule has 0 bridgehead atoms. The molecule has 1 aliphatic heterocycles. The van der Waals surface area contributed by atoms with Crippen molar-refractivity contribution in [2.45, 2.75) is 11.2 Å². The van der Waals surface area contributed by atoms with Crippen LogP contribution in [0.25, 0.3) is 17.2 Å². The van der Waals surface area contributed by atoms with E-state index in [2.05, 4.69) is 20.0 Å². The van der Waals surface area contributed by atoms with Crippen LogP contribution in [0.15, 0.2) is 52.1 Å². The third kappa shape index (κ3) is 6.40. The standard InChI is InChI=1S/C25H28F3N7O3S/c1-36-12-13-37-17-4-5-19(18(15-17)25(26,27)28)34-8-6-33(7-9-34)10-14-39-22-16-21-30-23(20-3-2-11-38-20)32-35(21)24(29)31-22/h2-5,11,15-16H,6-10,12-14H2,1H3,(H2,29,31). The van der Waals surface area contributed by atoms with E-state index >= 15 is 0 Å². The molecule has 4 aromatic rings. The summed E-state index contributed by atoms with van der Waals surface area (Å²) in [6, 6.07) is 9.48. The van der Waals surface area contributed by atoms with Crippen LogP contribution in [-0.2, 0) is 10.9 Å². The number of hydrogen-bond acceptors (Lipinski definition) is 10. The summed E-state index contributed by atoms with van der Waals surface area (Å²) in [5.74, 6) is 2.11. The van der Waals surface area contributed by atoms with Crippen LogP contribution in [0, 0.1) is 0 Å². The quantitative estimate of drug-likeness (QED) is 0.173. The van der Waals surface area contributed by atoms with E-state index in [0.717, 1.165) is 23.4 Å². The van der Waals surface area contributed by atoms with Crippen LogP contribution in [0.3, 0.4) is 0 Å². The number of rotatable bonds is 10. The highest BCUT2D eigenvalue weighted by atomic mass is 32.2. The number of ether oxygens (including phenoxy) is 2. The Hall–Kier alpha value is -3.49. The summed E-state index contributed by atoms with van der Waals surface area (Å²) in [7, 11) is 1.51. The zero-order chi connectivity index (χ0) is 27.4. The molecule has 10 nitrogen and oxygen atoms in total. The van der Waals surface area contributed by atoms with Gasteiger partial charge >= 0.3 is 6.18 Å². The first kappa shape index (κ1) is 27.1. The second-order valence-electron chi connectivity index (χ2n) is 8.83. The lowest BCUT2D eigenvalue weighted by molar-refractivity contribution is -0.137. The lowest BCUT2D eigenvalue weighted by Gasteiger charge is -2.37. The Balaban J connectivity index is 1.16. The van der Waals surface area contributed by atoms with E-state index < -0.39 is 11.7 Å². The first-order valence-corrected chi connectivity index (χ1v) is 13.3. The van der Waals surface area contributed by atoms with E-state index in [1.54, 1.807) is 29.4 Å². The van der Waals surface area contributed by atoms with Crippen LogP contribution in [-0.4, -0.2) is 83.3 Å². The molecule has 4 heterocycles. The first-order chi connectivity index (χ1) is 18.8. The lowest BCUT2D eigenvalue weighted by Crippen LogP contribution is -2.47. The minimum absolute atomic E-state index is 0.172. The molecule has 0 unspecified atom stereocenters. The number of nitrogens with two attached hydrogens (primary N) is 1. The second-order valence-corrected chi connectivity index (χ2v) is 9.95. The average Bonchev–Trinajstić information content (AvgIpc) is 3.59. The highest BCUT2D eigenvalue weighted by Crippen LogP contribution is 2.39. The number of anilines is 2. The van der Waals surface area contributed by atoms with Crippen LogP contribution in [0.1, 0.15) is 5.56 Å². The van der Waals surface area contributed by atoms with Gasteiger partial charge in [-0.1, -0.05) is 0 Å².